The van der Waals surface area contributed by atoms with Gasteiger partial charge in [-0.05, 0) is 49.9 Å². The van der Waals surface area contributed by atoms with Gasteiger partial charge in [-0.2, -0.15) is 0 Å². The van der Waals surface area contributed by atoms with Crippen LogP contribution >= 0.6 is 0 Å². The zero-order valence-corrected chi connectivity index (χ0v) is 14.5. The molecule has 0 N–H and O–H groups in total. The third-order valence-electron chi connectivity index (χ3n) is 4.59. The van der Waals surface area contributed by atoms with Gasteiger partial charge < -0.3 is 9.64 Å². The molecule has 1 fully saturated rings. The first kappa shape index (κ1) is 16.6. The molecule has 3 heteroatoms. The number of amides is 1. The van der Waals surface area contributed by atoms with E-state index in [1.165, 1.54) is 11.1 Å². The van der Waals surface area contributed by atoms with Crippen molar-refractivity contribution in [1.29, 1.82) is 0 Å². The molecule has 0 spiro atoms. The Morgan fingerprint density at radius 3 is 2.71 bits per heavy atom. The summed E-state index contributed by atoms with van der Waals surface area (Å²) in [6, 6.07) is 16.6. The lowest BCUT2D eigenvalue weighted by molar-refractivity contribution is -0.131. The number of hydrogen-bond donors (Lipinski definition) is 0. The van der Waals surface area contributed by atoms with Gasteiger partial charge in [0, 0.05) is 6.54 Å². The molecule has 1 amide bonds. The van der Waals surface area contributed by atoms with Crippen LogP contribution in [0.25, 0.3) is 0 Å². The molecule has 3 rings (SSSR count). The fraction of sp³-hybridized carbons (Fsp3) is 0.381. The SMILES string of the molecule is CCOc1ccc(CC(=O)N2CCC[C@@H]2c2cccc(C)c2)cc1. The Bertz CT molecular complexity index is 693. The zero-order chi connectivity index (χ0) is 16.9. The van der Waals surface area contributed by atoms with E-state index < -0.39 is 0 Å². The smallest absolute Gasteiger partial charge is 0.227 e. The molecule has 0 radical (unpaired) electrons. The van der Waals surface area contributed by atoms with E-state index >= 15 is 0 Å². The van der Waals surface area contributed by atoms with Crippen LogP contribution in [0.2, 0.25) is 0 Å². The van der Waals surface area contributed by atoms with Gasteiger partial charge in [-0.3, -0.25) is 4.79 Å². The highest BCUT2D eigenvalue weighted by Gasteiger charge is 2.29. The Hall–Kier alpha value is -2.29. The quantitative estimate of drug-likeness (QED) is 0.821. The maximum absolute atomic E-state index is 12.8. The van der Waals surface area contributed by atoms with Crippen molar-refractivity contribution in [3.8, 4) is 5.75 Å². The number of benzene rings is 2. The van der Waals surface area contributed by atoms with E-state index in [1.807, 2.05) is 36.1 Å². The van der Waals surface area contributed by atoms with Crippen molar-refractivity contribution < 1.29 is 9.53 Å². The standard InChI is InChI=1S/C21H25NO2/c1-3-24-19-11-9-17(10-12-19)15-21(23)22-13-5-8-20(22)18-7-4-6-16(2)14-18/h4,6-7,9-12,14,20H,3,5,8,13,15H2,1-2H3/t20-/m1/s1. The highest BCUT2D eigenvalue weighted by Crippen LogP contribution is 2.32. The van der Waals surface area contributed by atoms with Gasteiger partial charge in [-0.15, -0.1) is 0 Å². The third kappa shape index (κ3) is 3.78. The van der Waals surface area contributed by atoms with Gasteiger partial charge in [-0.25, -0.2) is 0 Å². The number of nitrogens with zero attached hydrogens (tertiary/aromatic N) is 1. The molecule has 0 aromatic heterocycles. The Labute approximate surface area is 144 Å². The molecule has 126 valence electrons. The average Bonchev–Trinajstić information content (AvgIpc) is 3.07. The van der Waals surface area contributed by atoms with Gasteiger partial charge in [0.15, 0.2) is 0 Å². The molecule has 0 bridgehead atoms. The maximum Gasteiger partial charge on any atom is 0.227 e. The summed E-state index contributed by atoms with van der Waals surface area (Å²) >= 11 is 0. The molecular weight excluding hydrogens is 298 g/mol. The molecule has 1 aliphatic heterocycles. The molecule has 1 heterocycles. The lowest BCUT2D eigenvalue weighted by Gasteiger charge is -2.25. The molecule has 1 saturated heterocycles. The monoisotopic (exact) mass is 323 g/mol. The van der Waals surface area contributed by atoms with E-state index in [0.717, 1.165) is 30.7 Å². The van der Waals surface area contributed by atoms with Crippen LogP contribution < -0.4 is 4.74 Å². The van der Waals surface area contributed by atoms with Crippen molar-refractivity contribution in [3.05, 3.63) is 65.2 Å². The van der Waals surface area contributed by atoms with Crippen LogP contribution in [-0.4, -0.2) is 24.0 Å². The number of carbonyl (C=O) groups is 1. The first-order valence-corrected chi connectivity index (χ1v) is 8.75. The molecule has 0 aliphatic carbocycles. The van der Waals surface area contributed by atoms with Crippen LogP contribution in [0.1, 0.15) is 42.5 Å². The minimum absolute atomic E-state index is 0.211. The predicted octanol–water partition coefficient (Wildman–Crippen LogP) is 4.30. The number of ether oxygens (including phenoxy) is 1. The lowest BCUT2D eigenvalue weighted by Crippen LogP contribution is -2.31. The van der Waals surface area contributed by atoms with Crippen molar-refractivity contribution >= 4 is 5.91 Å². The summed E-state index contributed by atoms with van der Waals surface area (Å²) in [5.74, 6) is 1.07. The Kier molecular flexibility index (Phi) is 5.19. The highest BCUT2D eigenvalue weighted by atomic mass is 16.5. The Morgan fingerprint density at radius 2 is 2.00 bits per heavy atom. The summed E-state index contributed by atoms with van der Waals surface area (Å²) in [7, 11) is 0. The van der Waals surface area contributed by atoms with Crippen LogP contribution in [0.4, 0.5) is 0 Å². The van der Waals surface area contributed by atoms with Crippen LogP contribution in [0.3, 0.4) is 0 Å². The second-order valence-corrected chi connectivity index (χ2v) is 6.41. The second-order valence-electron chi connectivity index (χ2n) is 6.41. The van der Waals surface area contributed by atoms with Gasteiger partial charge >= 0.3 is 0 Å². The number of carbonyl (C=O) groups excluding carboxylic acids is 1. The lowest BCUT2D eigenvalue weighted by atomic mass is 10.0. The minimum Gasteiger partial charge on any atom is -0.494 e. The Morgan fingerprint density at radius 1 is 1.21 bits per heavy atom. The van der Waals surface area contributed by atoms with E-state index in [0.29, 0.717) is 13.0 Å². The fourth-order valence-electron chi connectivity index (χ4n) is 3.44. The summed E-state index contributed by atoms with van der Waals surface area (Å²) in [5, 5.41) is 0. The summed E-state index contributed by atoms with van der Waals surface area (Å²) in [4.78, 5) is 14.8. The summed E-state index contributed by atoms with van der Waals surface area (Å²) < 4.78 is 5.46. The minimum atomic E-state index is 0.211. The maximum atomic E-state index is 12.8. The molecule has 1 atom stereocenters. The first-order valence-electron chi connectivity index (χ1n) is 8.75. The van der Waals surface area contributed by atoms with Crippen molar-refractivity contribution in [2.24, 2.45) is 0 Å². The number of rotatable bonds is 5. The van der Waals surface area contributed by atoms with E-state index in [2.05, 4.69) is 31.2 Å². The van der Waals surface area contributed by atoms with Gasteiger partial charge in [-0.1, -0.05) is 42.0 Å². The van der Waals surface area contributed by atoms with E-state index in [4.69, 9.17) is 4.74 Å². The largest absolute Gasteiger partial charge is 0.494 e. The molecule has 0 saturated carbocycles. The molecule has 24 heavy (non-hydrogen) atoms. The fourth-order valence-corrected chi connectivity index (χ4v) is 3.44. The number of likely N-dealkylation sites (tertiary alicyclic amines) is 1. The van der Waals surface area contributed by atoms with Gasteiger partial charge in [0.25, 0.3) is 0 Å². The summed E-state index contributed by atoms with van der Waals surface area (Å²) in [6.45, 7) is 5.58. The Balaban J connectivity index is 1.69. The zero-order valence-electron chi connectivity index (χ0n) is 14.5. The van der Waals surface area contributed by atoms with Gasteiger partial charge in [0.1, 0.15) is 5.75 Å². The van der Waals surface area contributed by atoms with Crippen molar-refractivity contribution in [2.75, 3.05) is 13.2 Å². The number of hydrogen-bond acceptors (Lipinski definition) is 2. The number of aryl methyl sites for hydroxylation is 1. The molecule has 1 aliphatic rings. The molecular formula is C21H25NO2. The highest BCUT2D eigenvalue weighted by molar-refractivity contribution is 5.79. The normalized spacial score (nSPS) is 17.1. The first-order chi connectivity index (χ1) is 11.7. The van der Waals surface area contributed by atoms with Crippen molar-refractivity contribution in [1.82, 2.24) is 4.90 Å². The summed E-state index contributed by atoms with van der Waals surface area (Å²) in [5.41, 5.74) is 3.55. The molecule has 2 aromatic rings. The molecule has 0 unspecified atom stereocenters. The van der Waals surface area contributed by atoms with Crippen LogP contribution in [0.15, 0.2) is 48.5 Å². The third-order valence-corrected chi connectivity index (χ3v) is 4.59. The topological polar surface area (TPSA) is 29.5 Å². The second kappa shape index (κ2) is 7.52. The van der Waals surface area contributed by atoms with Crippen LogP contribution in [0.5, 0.6) is 5.75 Å². The van der Waals surface area contributed by atoms with Crippen molar-refractivity contribution in [2.45, 2.75) is 39.2 Å². The van der Waals surface area contributed by atoms with Crippen LogP contribution in [0, 0.1) is 6.92 Å². The predicted molar refractivity (Wildman–Crippen MR) is 96.2 cm³/mol. The molecule has 2 aromatic carbocycles. The summed E-state index contributed by atoms with van der Waals surface area (Å²) in [6.07, 6.45) is 2.58. The van der Waals surface area contributed by atoms with Crippen LogP contribution in [-0.2, 0) is 11.2 Å². The molecule has 3 nitrogen and oxygen atoms in total. The van der Waals surface area contributed by atoms with Gasteiger partial charge in [0.05, 0.1) is 19.1 Å². The van der Waals surface area contributed by atoms with E-state index in [9.17, 15) is 4.79 Å². The van der Waals surface area contributed by atoms with E-state index in [1.54, 1.807) is 0 Å². The average molecular weight is 323 g/mol. The van der Waals surface area contributed by atoms with Crippen molar-refractivity contribution in [3.63, 3.8) is 0 Å². The van der Waals surface area contributed by atoms with Gasteiger partial charge in [0.2, 0.25) is 5.91 Å². The van der Waals surface area contributed by atoms with E-state index in [-0.39, 0.29) is 11.9 Å².